The van der Waals surface area contributed by atoms with Crippen LogP contribution in [-0.4, -0.2) is 14.6 Å². The second-order valence-electron chi connectivity index (χ2n) is 5.20. The second-order valence-corrected chi connectivity index (χ2v) is 7.05. The van der Waals surface area contributed by atoms with Gasteiger partial charge in [-0.05, 0) is 42.5 Å². The Kier molecular flexibility index (Phi) is 4.03. The summed E-state index contributed by atoms with van der Waals surface area (Å²) in [6.45, 7) is 0. The molecule has 0 spiro atoms. The van der Waals surface area contributed by atoms with Crippen LogP contribution in [0.3, 0.4) is 0 Å². The molecule has 0 fully saturated rings. The second kappa shape index (κ2) is 6.22. The first-order valence-electron chi connectivity index (χ1n) is 7.14. The molecule has 0 N–H and O–H groups in total. The standard InChI is InChI=1S/C17H8Cl2FN3OS/c18-10-6-4-9(5-7-10)15-21-22-17-23(15)16(24)14(25-17)8-11-12(19)2-1-3-13(11)20/h1-8H/b14-8-. The Morgan fingerprint density at radius 2 is 1.84 bits per heavy atom. The zero-order chi connectivity index (χ0) is 17.6. The van der Waals surface area contributed by atoms with Crippen molar-refractivity contribution in [2.45, 2.75) is 0 Å². The Labute approximate surface area is 154 Å². The van der Waals surface area contributed by atoms with Gasteiger partial charge >= 0.3 is 0 Å². The van der Waals surface area contributed by atoms with E-state index in [-0.39, 0.29) is 16.1 Å². The summed E-state index contributed by atoms with van der Waals surface area (Å²) < 4.78 is 15.7. The summed E-state index contributed by atoms with van der Waals surface area (Å²) in [5.41, 5.74) is 0.559. The molecule has 25 heavy (non-hydrogen) atoms. The van der Waals surface area contributed by atoms with Crippen molar-refractivity contribution < 1.29 is 4.39 Å². The number of benzene rings is 2. The Morgan fingerprint density at radius 3 is 2.56 bits per heavy atom. The van der Waals surface area contributed by atoms with Gasteiger partial charge in [-0.15, -0.1) is 10.2 Å². The summed E-state index contributed by atoms with van der Waals surface area (Å²) in [6, 6.07) is 11.3. The van der Waals surface area contributed by atoms with Crippen LogP contribution in [0.1, 0.15) is 5.56 Å². The number of thiazole rings is 1. The van der Waals surface area contributed by atoms with Crippen LogP contribution in [0.5, 0.6) is 0 Å². The highest BCUT2D eigenvalue weighted by Crippen LogP contribution is 2.21. The fourth-order valence-electron chi connectivity index (χ4n) is 2.43. The topological polar surface area (TPSA) is 47.3 Å². The van der Waals surface area contributed by atoms with Crippen molar-refractivity contribution in [1.82, 2.24) is 14.6 Å². The SMILES string of the molecule is O=c1/c(=C/c2c(F)cccc2Cl)sc2nnc(-c3ccc(Cl)cc3)n12. The summed E-state index contributed by atoms with van der Waals surface area (Å²) >= 11 is 13.0. The highest BCUT2D eigenvalue weighted by Gasteiger charge is 2.15. The van der Waals surface area contributed by atoms with Crippen LogP contribution in [0.15, 0.2) is 47.3 Å². The number of rotatable bonds is 2. The van der Waals surface area contributed by atoms with Gasteiger partial charge < -0.3 is 0 Å². The summed E-state index contributed by atoms with van der Waals surface area (Å²) in [6.07, 6.45) is 1.44. The van der Waals surface area contributed by atoms with Gasteiger partial charge in [-0.25, -0.2) is 8.79 Å². The van der Waals surface area contributed by atoms with Gasteiger partial charge in [0.1, 0.15) is 5.82 Å². The third-order valence-corrected chi connectivity index (χ3v) is 5.17. The number of nitrogens with zero attached hydrogens (tertiary/aromatic N) is 3. The maximum atomic E-state index is 14.0. The van der Waals surface area contributed by atoms with Gasteiger partial charge in [0.25, 0.3) is 5.56 Å². The third-order valence-electron chi connectivity index (χ3n) is 3.63. The average molecular weight is 392 g/mol. The highest BCUT2D eigenvalue weighted by atomic mass is 35.5. The van der Waals surface area contributed by atoms with Gasteiger partial charge in [-0.1, -0.05) is 40.6 Å². The minimum absolute atomic E-state index is 0.173. The van der Waals surface area contributed by atoms with Crippen LogP contribution >= 0.6 is 34.5 Å². The number of hydrogen-bond acceptors (Lipinski definition) is 4. The zero-order valence-corrected chi connectivity index (χ0v) is 14.7. The number of aromatic nitrogens is 3. The van der Waals surface area contributed by atoms with Crippen LogP contribution in [-0.2, 0) is 0 Å². The molecule has 0 radical (unpaired) electrons. The minimum atomic E-state index is -0.492. The Bertz CT molecular complexity index is 1180. The summed E-state index contributed by atoms with van der Waals surface area (Å²) in [4.78, 5) is 13.2. The molecule has 2 heterocycles. The molecule has 124 valence electrons. The fraction of sp³-hybridized carbons (Fsp3) is 0. The van der Waals surface area contributed by atoms with Gasteiger partial charge in [0, 0.05) is 16.1 Å². The third kappa shape index (κ3) is 2.82. The Hall–Kier alpha value is -2.28. The highest BCUT2D eigenvalue weighted by molar-refractivity contribution is 7.15. The fourth-order valence-corrected chi connectivity index (χ4v) is 3.67. The molecule has 0 unspecified atom stereocenters. The zero-order valence-electron chi connectivity index (χ0n) is 12.4. The lowest BCUT2D eigenvalue weighted by Gasteiger charge is -1.98. The molecule has 2 aromatic heterocycles. The summed E-state index contributed by atoms with van der Waals surface area (Å²) in [7, 11) is 0. The molecule has 0 aliphatic carbocycles. The monoisotopic (exact) mass is 391 g/mol. The quantitative estimate of drug-likeness (QED) is 0.521. The number of hydrogen-bond donors (Lipinski definition) is 0. The molecule has 0 saturated carbocycles. The molecule has 0 aliphatic rings. The normalized spacial score (nSPS) is 12.2. The lowest BCUT2D eigenvalue weighted by atomic mass is 10.2. The van der Waals surface area contributed by atoms with Crippen molar-refractivity contribution in [3.05, 3.63) is 78.8 Å². The molecule has 2 aromatic carbocycles. The first kappa shape index (κ1) is 16.2. The van der Waals surface area contributed by atoms with Gasteiger partial charge in [-0.3, -0.25) is 4.79 Å². The Balaban J connectivity index is 1.94. The molecule has 0 aliphatic heterocycles. The van der Waals surface area contributed by atoms with E-state index in [1.807, 2.05) is 0 Å². The smallest absolute Gasteiger partial charge is 0.267 e. The molecular weight excluding hydrogens is 384 g/mol. The summed E-state index contributed by atoms with van der Waals surface area (Å²) in [5.74, 6) is -0.0822. The van der Waals surface area contributed by atoms with E-state index < -0.39 is 5.82 Å². The molecule has 0 amide bonds. The predicted molar refractivity (Wildman–Crippen MR) is 97.8 cm³/mol. The van der Waals surface area contributed by atoms with E-state index in [4.69, 9.17) is 23.2 Å². The minimum Gasteiger partial charge on any atom is -0.267 e. The lowest BCUT2D eigenvalue weighted by molar-refractivity contribution is 0.625. The van der Waals surface area contributed by atoms with Crippen LogP contribution < -0.4 is 10.1 Å². The molecule has 0 atom stereocenters. The predicted octanol–water partition coefficient (Wildman–Crippen LogP) is 3.81. The molecule has 0 saturated heterocycles. The van der Waals surface area contributed by atoms with Crippen LogP contribution in [0.4, 0.5) is 4.39 Å². The maximum absolute atomic E-state index is 14.0. The molecule has 8 heteroatoms. The molecule has 4 nitrogen and oxygen atoms in total. The van der Waals surface area contributed by atoms with Crippen LogP contribution in [0, 0.1) is 5.82 Å². The lowest BCUT2D eigenvalue weighted by Crippen LogP contribution is -2.23. The van der Waals surface area contributed by atoms with Crippen molar-refractivity contribution in [2.75, 3.05) is 0 Å². The molecule has 4 rings (SSSR count). The summed E-state index contributed by atoms with van der Waals surface area (Å²) in [5, 5.41) is 8.92. The molecule has 0 bridgehead atoms. The van der Waals surface area contributed by atoms with E-state index in [0.29, 0.717) is 25.9 Å². The van der Waals surface area contributed by atoms with Crippen molar-refractivity contribution in [1.29, 1.82) is 0 Å². The van der Waals surface area contributed by atoms with Gasteiger partial charge in [0.2, 0.25) is 4.96 Å². The first-order valence-corrected chi connectivity index (χ1v) is 8.71. The van der Waals surface area contributed by atoms with Crippen molar-refractivity contribution in [2.24, 2.45) is 0 Å². The Morgan fingerprint density at radius 1 is 1.08 bits per heavy atom. The average Bonchev–Trinajstić information content (AvgIpc) is 3.13. The molecule has 4 aromatic rings. The van der Waals surface area contributed by atoms with E-state index in [1.54, 1.807) is 30.3 Å². The van der Waals surface area contributed by atoms with Crippen molar-refractivity contribution in [3.63, 3.8) is 0 Å². The van der Waals surface area contributed by atoms with E-state index in [9.17, 15) is 9.18 Å². The number of halogens is 3. The van der Waals surface area contributed by atoms with Crippen molar-refractivity contribution in [3.8, 4) is 11.4 Å². The van der Waals surface area contributed by atoms with Crippen molar-refractivity contribution >= 4 is 45.6 Å². The molecular formula is C17H8Cl2FN3OS. The largest absolute Gasteiger partial charge is 0.276 e. The van der Waals surface area contributed by atoms with E-state index in [2.05, 4.69) is 10.2 Å². The van der Waals surface area contributed by atoms with Gasteiger partial charge in [-0.2, -0.15) is 0 Å². The van der Waals surface area contributed by atoms with Crippen LogP contribution in [0.25, 0.3) is 22.4 Å². The van der Waals surface area contributed by atoms with E-state index in [0.717, 1.165) is 11.3 Å². The van der Waals surface area contributed by atoms with Gasteiger partial charge in [0.15, 0.2) is 5.82 Å². The first-order chi connectivity index (χ1) is 12.0. The maximum Gasteiger partial charge on any atom is 0.276 e. The van der Waals surface area contributed by atoms with Crippen LogP contribution in [0.2, 0.25) is 10.0 Å². The number of fused-ring (bicyclic) bond motifs is 1. The van der Waals surface area contributed by atoms with E-state index in [1.165, 1.54) is 22.6 Å². The van der Waals surface area contributed by atoms with E-state index >= 15 is 0 Å². The van der Waals surface area contributed by atoms with Gasteiger partial charge in [0.05, 0.1) is 9.55 Å².